The van der Waals surface area contributed by atoms with Crippen LogP contribution >= 0.6 is 23.2 Å². The molecule has 2 N–H and O–H groups in total. The molecule has 0 radical (unpaired) electrons. The number of likely N-dealkylation sites (tertiary alicyclic amines) is 1. The van der Waals surface area contributed by atoms with Crippen LogP contribution in [-0.2, 0) is 11.2 Å². The van der Waals surface area contributed by atoms with Gasteiger partial charge in [-0.1, -0.05) is 59.6 Å². The van der Waals surface area contributed by atoms with Gasteiger partial charge in [0.05, 0.1) is 15.6 Å². The molecule has 1 unspecified atom stereocenters. The van der Waals surface area contributed by atoms with Crippen LogP contribution in [0.3, 0.4) is 0 Å². The quantitative estimate of drug-likeness (QED) is 0.645. The molecule has 2 aromatic rings. The topological polar surface area (TPSA) is 69.6 Å². The number of nitrogens with zero attached hydrogens (tertiary/aromatic N) is 1. The van der Waals surface area contributed by atoms with Gasteiger partial charge in [-0.05, 0) is 24.1 Å². The second-order valence-electron chi connectivity index (χ2n) is 7.84. The van der Waals surface area contributed by atoms with E-state index >= 15 is 0 Å². The predicted molar refractivity (Wildman–Crippen MR) is 119 cm³/mol. The number of carbonyl (C=O) groups excluding carboxylic acids is 2. The third-order valence-electron chi connectivity index (χ3n) is 5.63. The summed E-state index contributed by atoms with van der Waals surface area (Å²) in [6.07, 6.45) is -1.74. The lowest BCUT2D eigenvalue weighted by molar-refractivity contribution is -0.140. The molecule has 0 aromatic heterocycles. The summed E-state index contributed by atoms with van der Waals surface area (Å²) in [5, 5.41) is 13.1. The van der Waals surface area contributed by atoms with E-state index in [1.54, 1.807) is 30.3 Å². The first-order chi connectivity index (χ1) is 15.2. The van der Waals surface area contributed by atoms with Crippen molar-refractivity contribution >= 4 is 35.0 Å². The minimum atomic E-state index is -3.08. The van der Waals surface area contributed by atoms with Gasteiger partial charge in [-0.25, -0.2) is 8.78 Å². The van der Waals surface area contributed by atoms with E-state index in [1.165, 1.54) is 17.0 Å². The van der Waals surface area contributed by atoms with Gasteiger partial charge < -0.3 is 15.3 Å². The van der Waals surface area contributed by atoms with Gasteiger partial charge in [0.25, 0.3) is 17.7 Å². The summed E-state index contributed by atoms with van der Waals surface area (Å²) in [6.45, 7) is -0.371. The number of benzene rings is 2. The van der Waals surface area contributed by atoms with Gasteiger partial charge in [0.1, 0.15) is 6.10 Å². The molecular weight excluding hydrogens is 461 g/mol. The molecule has 1 heterocycles. The zero-order chi connectivity index (χ0) is 23.3. The first-order valence-electron chi connectivity index (χ1n) is 10.3. The second kappa shape index (κ2) is 10.6. The number of hydrogen-bond acceptors (Lipinski definition) is 3. The summed E-state index contributed by atoms with van der Waals surface area (Å²) in [7, 11) is 0. The molecule has 1 saturated heterocycles. The Morgan fingerprint density at radius 3 is 2.56 bits per heavy atom. The fraction of sp³-hybridized carbons (Fsp3) is 0.391. The lowest BCUT2D eigenvalue weighted by atomic mass is 9.96. The highest BCUT2D eigenvalue weighted by atomic mass is 35.5. The number of nitrogens with one attached hydrogen (secondary N) is 1. The van der Waals surface area contributed by atoms with Crippen LogP contribution in [0.4, 0.5) is 8.78 Å². The third kappa shape index (κ3) is 5.97. The van der Waals surface area contributed by atoms with Crippen LogP contribution in [-0.4, -0.2) is 53.5 Å². The summed E-state index contributed by atoms with van der Waals surface area (Å²) in [5.41, 5.74) is 0.894. The van der Waals surface area contributed by atoms with E-state index in [9.17, 15) is 23.5 Å². The fourth-order valence-electron chi connectivity index (χ4n) is 3.72. The largest absolute Gasteiger partial charge is 0.383 e. The number of halogens is 4. The lowest BCUT2D eigenvalue weighted by Gasteiger charge is -2.24. The van der Waals surface area contributed by atoms with Gasteiger partial charge in [-0.3, -0.25) is 9.59 Å². The molecule has 0 bridgehead atoms. The number of hydrogen-bond donors (Lipinski definition) is 2. The van der Waals surface area contributed by atoms with Crippen LogP contribution in [0.1, 0.15) is 28.8 Å². The molecule has 1 aliphatic heterocycles. The van der Waals surface area contributed by atoms with E-state index in [2.05, 4.69) is 5.32 Å². The molecule has 9 heteroatoms. The Labute approximate surface area is 195 Å². The number of rotatable bonds is 6. The van der Waals surface area contributed by atoms with Crippen LogP contribution < -0.4 is 5.32 Å². The maximum atomic E-state index is 14.7. The molecule has 1 aliphatic rings. The highest BCUT2D eigenvalue weighted by Crippen LogP contribution is 2.34. The smallest absolute Gasteiger partial charge is 0.254 e. The molecule has 2 atom stereocenters. The Balaban J connectivity index is 1.59. The maximum Gasteiger partial charge on any atom is 0.254 e. The van der Waals surface area contributed by atoms with Crippen molar-refractivity contribution in [3.8, 4) is 0 Å². The molecule has 2 amide bonds. The Morgan fingerprint density at radius 1 is 1.12 bits per heavy atom. The molecule has 0 spiro atoms. The van der Waals surface area contributed by atoms with E-state index in [0.29, 0.717) is 0 Å². The van der Waals surface area contributed by atoms with Crippen LogP contribution in [0.2, 0.25) is 10.0 Å². The van der Waals surface area contributed by atoms with Gasteiger partial charge in [-0.2, -0.15) is 0 Å². The second-order valence-corrected chi connectivity index (χ2v) is 8.62. The van der Waals surface area contributed by atoms with Crippen molar-refractivity contribution in [3.05, 3.63) is 69.7 Å². The lowest BCUT2D eigenvalue weighted by Crippen LogP contribution is -2.41. The summed E-state index contributed by atoms with van der Waals surface area (Å²) in [4.78, 5) is 26.3. The van der Waals surface area contributed by atoms with Crippen molar-refractivity contribution in [3.63, 3.8) is 0 Å². The average molecular weight is 485 g/mol. The van der Waals surface area contributed by atoms with Crippen LogP contribution in [0.5, 0.6) is 0 Å². The monoisotopic (exact) mass is 484 g/mol. The van der Waals surface area contributed by atoms with Crippen LogP contribution in [0, 0.1) is 5.92 Å². The highest BCUT2D eigenvalue weighted by Gasteiger charge is 2.43. The highest BCUT2D eigenvalue weighted by molar-refractivity contribution is 6.43. The van der Waals surface area contributed by atoms with Crippen molar-refractivity contribution in [2.45, 2.75) is 31.3 Å². The fourth-order valence-corrected chi connectivity index (χ4v) is 4.11. The molecule has 0 aliphatic carbocycles. The summed E-state index contributed by atoms with van der Waals surface area (Å²) in [5.74, 6) is -5.40. The molecule has 172 valence electrons. The summed E-state index contributed by atoms with van der Waals surface area (Å²) < 4.78 is 29.4. The van der Waals surface area contributed by atoms with Gasteiger partial charge in [0.2, 0.25) is 0 Å². The third-order valence-corrected chi connectivity index (χ3v) is 6.45. The van der Waals surface area contributed by atoms with Crippen LogP contribution in [0.15, 0.2) is 48.5 Å². The Kier molecular flexibility index (Phi) is 8.09. The number of carbonyl (C=O) groups is 2. The number of alkyl halides is 2. The number of amides is 2. The van der Waals surface area contributed by atoms with Crippen molar-refractivity contribution in [1.29, 1.82) is 0 Å². The van der Waals surface area contributed by atoms with E-state index < -0.39 is 36.2 Å². The van der Waals surface area contributed by atoms with Crippen molar-refractivity contribution < 1.29 is 23.5 Å². The van der Waals surface area contributed by atoms with Crippen molar-refractivity contribution in [2.75, 3.05) is 19.6 Å². The summed E-state index contributed by atoms with van der Waals surface area (Å²) in [6, 6.07) is 13.5. The first kappa shape index (κ1) is 24.4. The zero-order valence-corrected chi connectivity index (χ0v) is 18.8. The molecule has 3 rings (SSSR count). The predicted octanol–water partition coefficient (Wildman–Crippen LogP) is 4.20. The molecule has 32 heavy (non-hydrogen) atoms. The van der Waals surface area contributed by atoms with E-state index in [-0.39, 0.29) is 48.1 Å². The average Bonchev–Trinajstić information content (AvgIpc) is 2.92. The zero-order valence-electron chi connectivity index (χ0n) is 17.2. The summed E-state index contributed by atoms with van der Waals surface area (Å²) >= 11 is 11.9. The van der Waals surface area contributed by atoms with Crippen molar-refractivity contribution in [1.82, 2.24) is 10.2 Å². The Hall–Kier alpha value is -2.22. The Morgan fingerprint density at radius 2 is 1.84 bits per heavy atom. The normalized spacial score (nSPS) is 19.2. The van der Waals surface area contributed by atoms with E-state index in [1.807, 2.05) is 6.07 Å². The van der Waals surface area contributed by atoms with Gasteiger partial charge in [0, 0.05) is 38.4 Å². The number of aliphatic hydroxyl groups excluding tert-OH is 1. The first-order valence-corrected chi connectivity index (χ1v) is 11.1. The molecule has 1 fully saturated rings. The Bertz CT molecular complexity index is 960. The van der Waals surface area contributed by atoms with Crippen LogP contribution in [0.25, 0.3) is 0 Å². The van der Waals surface area contributed by atoms with Gasteiger partial charge in [0.15, 0.2) is 0 Å². The van der Waals surface area contributed by atoms with Gasteiger partial charge >= 0.3 is 0 Å². The minimum absolute atomic E-state index is 0.0135. The molecular formula is C23H24Cl2F2N2O3. The van der Waals surface area contributed by atoms with Gasteiger partial charge in [-0.15, -0.1) is 0 Å². The SMILES string of the molecule is O=C(NCC1CCN(C(=O)[C@@H](O)Cc2ccccc2)CCC1(F)F)c1cccc(Cl)c1Cl. The van der Waals surface area contributed by atoms with E-state index in [4.69, 9.17) is 23.2 Å². The number of aliphatic hydroxyl groups is 1. The van der Waals surface area contributed by atoms with Crippen molar-refractivity contribution in [2.24, 2.45) is 5.92 Å². The minimum Gasteiger partial charge on any atom is -0.383 e. The standard InChI is InChI=1S/C23H24Cl2F2N2O3/c24-18-8-4-7-17(20(18)25)21(31)28-14-16-9-11-29(12-10-23(16,26)27)22(32)19(30)13-15-5-2-1-3-6-15/h1-8,16,19,30H,9-14H2,(H,28,31)/t16?,19-/m0/s1. The van der Waals surface area contributed by atoms with E-state index in [0.717, 1.165) is 5.56 Å². The molecule has 5 nitrogen and oxygen atoms in total. The molecule has 0 saturated carbocycles. The maximum absolute atomic E-state index is 14.7. The molecule has 2 aromatic carbocycles.